The minimum Gasteiger partial charge on any atom is -0.396 e. The summed E-state index contributed by atoms with van der Waals surface area (Å²) in [5.41, 5.74) is -0.875. The Bertz CT molecular complexity index is 1680. The van der Waals surface area contributed by atoms with Crippen molar-refractivity contribution in [1.29, 1.82) is 0 Å². The Kier molecular flexibility index (Phi) is 6.81. The van der Waals surface area contributed by atoms with Crippen LogP contribution in [0.15, 0.2) is 89.9 Å². The molecule has 4 aromatic rings. The van der Waals surface area contributed by atoms with Crippen molar-refractivity contribution in [2.24, 2.45) is 5.92 Å². The van der Waals surface area contributed by atoms with Crippen LogP contribution < -0.4 is 10.5 Å². The van der Waals surface area contributed by atoms with Gasteiger partial charge in [0.1, 0.15) is 0 Å². The molecule has 2 N–H and O–H groups in total. The average Bonchev–Trinajstić information content (AvgIpc) is 3.15. The summed E-state index contributed by atoms with van der Waals surface area (Å²) >= 11 is 0. The molecule has 1 amide bonds. The van der Waals surface area contributed by atoms with Crippen molar-refractivity contribution in [3.05, 3.63) is 117 Å². The Hall–Kier alpha value is -4.67. The van der Waals surface area contributed by atoms with Crippen molar-refractivity contribution < 1.29 is 19.9 Å². The van der Waals surface area contributed by atoms with Crippen LogP contribution in [-0.2, 0) is 16.9 Å². The second kappa shape index (κ2) is 10.2. The van der Waals surface area contributed by atoms with E-state index in [0.717, 1.165) is 5.39 Å². The van der Waals surface area contributed by atoms with Crippen LogP contribution in [0.25, 0.3) is 16.5 Å². The molecule has 0 spiro atoms. The molecule has 0 saturated heterocycles. The first-order chi connectivity index (χ1) is 18.8. The Morgan fingerprint density at radius 2 is 1.90 bits per heavy atom. The van der Waals surface area contributed by atoms with Gasteiger partial charge in [0, 0.05) is 35.6 Å². The lowest BCUT2D eigenvalue weighted by atomic mass is 9.82. The third-order valence-electron chi connectivity index (χ3n) is 7.03. The fourth-order valence-electron chi connectivity index (χ4n) is 4.96. The fraction of sp³-hybridized carbons (Fsp3) is 0.207. The van der Waals surface area contributed by atoms with Gasteiger partial charge in [0.2, 0.25) is 0 Å². The lowest BCUT2D eigenvalue weighted by Crippen LogP contribution is -2.44. The van der Waals surface area contributed by atoms with Crippen LogP contribution in [0.4, 0.5) is 11.4 Å². The molecule has 10 nitrogen and oxygen atoms in total. The summed E-state index contributed by atoms with van der Waals surface area (Å²) in [5, 5.41) is 37.9. The summed E-state index contributed by atoms with van der Waals surface area (Å²) in [5.74, 6) is -1.35. The van der Waals surface area contributed by atoms with Crippen molar-refractivity contribution in [2.45, 2.75) is 25.5 Å². The molecule has 1 aliphatic rings. The van der Waals surface area contributed by atoms with Crippen molar-refractivity contribution >= 4 is 28.1 Å². The minimum atomic E-state index is -2.04. The normalized spacial score (nSPS) is 17.6. The maximum absolute atomic E-state index is 13.8. The molecular weight excluding hydrogens is 500 g/mol. The van der Waals surface area contributed by atoms with Gasteiger partial charge < -0.3 is 15.1 Å². The van der Waals surface area contributed by atoms with E-state index in [1.54, 1.807) is 61.7 Å². The van der Waals surface area contributed by atoms with Crippen LogP contribution in [0.5, 0.6) is 0 Å². The number of hydrogen-bond acceptors (Lipinski definition) is 7. The number of carbonyl (C=O) groups excluding carboxylic acids is 1. The molecule has 1 aliphatic heterocycles. The van der Waals surface area contributed by atoms with Gasteiger partial charge >= 0.3 is 0 Å². The summed E-state index contributed by atoms with van der Waals surface area (Å²) in [6.45, 7) is 1.61. The molecule has 10 heteroatoms. The van der Waals surface area contributed by atoms with E-state index in [2.05, 4.69) is 5.10 Å². The third-order valence-corrected chi connectivity index (χ3v) is 7.03. The molecule has 5 rings (SSSR count). The van der Waals surface area contributed by atoms with Gasteiger partial charge in [-0.2, -0.15) is 9.78 Å². The molecular formula is C29H26N4O6. The summed E-state index contributed by atoms with van der Waals surface area (Å²) in [6, 6.07) is 18.2. The first kappa shape index (κ1) is 26.0. The summed E-state index contributed by atoms with van der Waals surface area (Å²) in [7, 11) is 0. The maximum atomic E-state index is 13.8. The average molecular weight is 527 g/mol. The predicted molar refractivity (Wildman–Crippen MR) is 146 cm³/mol. The highest BCUT2D eigenvalue weighted by Crippen LogP contribution is 2.47. The molecule has 198 valence electrons. The van der Waals surface area contributed by atoms with E-state index in [0.29, 0.717) is 28.7 Å². The van der Waals surface area contributed by atoms with Gasteiger partial charge in [0.25, 0.3) is 17.2 Å². The molecule has 0 unspecified atom stereocenters. The Labute approximate surface area is 223 Å². The number of non-ortho nitro benzene ring substituents is 1. The standard InChI is InChI=1S/C29H26N4O6/c1-19(7-4-5-14-34)29(37)25-16-23(33(38)39)12-13-26(25)31(28(29)36)18-20-8-6-10-22(15-20)32-27(35)24-11-3-2-9-21(24)17-30-32/h2-4,6-13,15-17,19,34,37H,5,14,18H2,1H3/b7-4+/t19-,29+/m1/s1. The SMILES string of the molecule is C[C@H](/C=C/CCO)[C@@]1(O)C(=O)N(Cc2cccc(-n3ncc4ccccc4c3=O)c2)c2ccc([N+](=O)[O-])cc21. The number of anilines is 1. The van der Waals surface area contributed by atoms with Crippen LogP contribution in [0.2, 0.25) is 0 Å². The fourth-order valence-corrected chi connectivity index (χ4v) is 4.96. The van der Waals surface area contributed by atoms with Crippen LogP contribution in [0, 0.1) is 16.0 Å². The van der Waals surface area contributed by atoms with Crippen molar-refractivity contribution in [3.63, 3.8) is 0 Å². The number of hydrogen-bond donors (Lipinski definition) is 2. The molecule has 0 aliphatic carbocycles. The van der Waals surface area contributed by atoms with E-state index in [-0.39, 0.29) is 30.0 Å². The molecule has 2 heterocycles. The lowest BCUT2D eigenvalue weighted by molar-refractivity contribution is -0.385. The quantitative estimate of drug-likeness (QED) is 0.203. The summed E-state index contributed by atoms with van der Waals surface area (Å²) in [4.78, 5) is 39.1. The van der Waals surface area contributed by atoms with Gasteiger partial charge in [-0.15, -0.1) is 0 Å². The number of benzene rings is 3. The molecule has 3 aromatic carbocycles. The van der Waals surface area contributed by atoms with Gasteiger partial charge in [-0.05, 0) is 36.2 Å². The number of nitro groups is 1. The Morgan fingerprint density at radius 3 is 2.67 bits per heavy atom. The first-order valence-electron chi connectivity index (χ1n) is 12.4. The van der Waals surface area contributed by atoms with E-state index >= 15 is 0 Å². The monoisotopic (exact) mass is 526 g/mol. The predicted octanol–water partition coefficient (Wildman–Crippen LogP) is 3.60. The first-order valence-corrected chi connectivity index (χ1v) is 12.4. The van der Waals surface area contributed by atoms with Crippen LogP contribution in [0.3, 0.4) is 0 Å². The van der Waals surface area contributed by atoms with Crippen LogP contribution in [0.1, 0.15) is 24.5 Å². The smallest absolute Gasteiger partial charge is 0.279 e. The van der Waals surface area contributed by atoms with Crippen LogP contribution >= 0.6 is 0 Å². The van der Waals surface area contributed by atoms with Gasteiger partial charge in [0.05, 0.1) is 34.4 Å². The topological polar surface area (TPSA) is 139 Å². The van der Waals surface area contributed by atoms with E-state index < -0.39 is 22.3 Å². The molecule has 0 bridgehead atoms. The highest BCUT2D eigenvalue weighted by atomic mass is 16.6. The Morgan fingerprint density at radius 1 is 1.10 bits per heavy atom. The molecule has 0 fully saturated rings. The zero-order chi connectivity index (χ0) is 27.7. The zero-order valence-corrected chi connectivity index (χ0v) is 21.1. The number of amides is 1. The lowest BCUT2D eigenvalue weighted by Gasteiger charge is -2.27. The number of aromatic nitrogens is 2. The van der Waals surface area contributed by atoms with E-state index in [4.69, 9.17) is 5.11 Å². The molecule has 0 radical (unpaired) electrons. The van der Waals surface area contributed by atoms with Gasteiger partial charge in [-0.25, -0.2) is 0 Å². The molecule has 0 saturated carbocycles. The second-order valence-electron chi connectivity index (χ2n) is 9.46. The molecule has 39 heavy (non-hydrogen) atoms. The zero-order valence-electron chi connectivity index (χ0n) is 21.1. The number of fused-ring (bicyclic) bond motifs is 2. The number of rotatable bonds is 8. The number of nitrogens with zero attached hydrogens (tertiary/aromatic N) is 4. The number of aliphatic hydroxyl groups excluding tert-OH is 1. The largest absolute Gasteiger partial charge is 0.396 e. The number of carbonyl (C=O) groups is 1. The van der Waals surface area contributed by atoms with Gasteiger partial charge in [-0.1, -0.05) is 49.4 Å². The Balaban J connectivity index is 1.54. The highest BCUT2D eigenvalue weighted by Gasteiger charge is 2.53. The minimum absolute atomic E-state index is 0.0508. The van der Waals surface area contributed by atoms with Crippen molar-refractivity contribution in [1.82, 2.24) is 9.78 Å². The van der Waals surface area contributed by atoms with E-state index in [1.807, 2.05) is 12.1 Å². The van der Waals surface area contributed by atoms with Gasteiger partial charge in [0.15, 0.2) is 5.60 Å². The third kappa shape index (κ3) is 4.49. The maximum Gasteiger partial charge on any atom is 0.279 e. The molecule has 1 aromatic heterocycles. The van der Waals surface area contributed by atoms with E-state index in [1.165, 1.54) is 27.8 Å². The number of aliphatic hydroxyl groups is 2. The second-order valence-corrected chi connectivity index (χ2v) is 9.46. The van der Waals surface area contributed by atoms with Crippen molar-refractivity contribution in [3.8, 4) is 5.69 Å². The summed E-state index contributed by atoms with van der Waals surface area (Å²) < 4.78 is 1.29. The number of nitro benzene ring substituents is 1. The highest BCUT2D eigenvalue weighted by molar-refractivity contribution is 6.07. The summed E-state index contributed by atoms with van der Waals surface area (Å²) in [6.07, 6.45) is 5.24. The van der Waals surface area contributed by atoms with Crippen LogP contribution in [-0.4, -0.2) is 37.4 Å². The van der Waals surface area contributed by atoms with E-state index in [9.17, 15) is 24.8 Å². The van der Waals surface area contributed by atoms with Crippen molar-refractivity contribution in [2.75, 3.05) is 11.5 Å². The van der Waals surface area contributed by atoms with Gasteiger partial charge in [-0.3, -0.25) is 19.7 Å². The molecule has 2 atom stereocenters.